The molecule has 96 valence electrons. The average Bonchev–Trinajstić information content (AvgIpc) is 2.71. The van der Waals surface area contributed by atoms with Crippen LogP contribution in [0, 0.1) is 20.8 Å². The van der Waals surface area contributed by atoms with Gasteiger partial charge in [-0.2, -0.15) is 5.10 Å². The molecular weight excluding hydrogens is 226 g/mol. The number of aromatic amines is 1. The minimum Gasteiger partial charge on any atom is -0.487 e. The minimum absolute atomic E-state index is 0.444. The number of hydrogen-bond acceptors (Lipinski definition) is 3. The van der Waals surface area contributed by atoms with E-state index in [1.165, 1.54) is 11.1 Å². The van der Waals surface area contributed by atoms with E-state index in [0.29, 0.717) is 13.2 Å². The van der Waals surface area contributed by atoms with Gasteiger partial charge in [0, 0.05) is 17.8 Å². The lowest BCUT2D eigenvalue weighted by molar-refractivity contribution is 0.299. The van der Waals surface area contributed by atoms with Crippen molar-refractivity contribution in [3.8, 4) is 5.75 Å². The lowest BCUT2D eigenvalue weighted by Gasteiger charge is -2.08. The summed E-state index contributed by atoms with van der Waals surface area (Å²) in [5, 5.41) is 7.15. The second kappa shape index (κ2) is 5.23. The van der Waals surface area contributed by atoms with E-state index in [1.807, 2.05) is 19.1 Å². The Kier molecular flexibility index (Phi) is 3.67. The molecule has 0 saturated heterocycles. The number of H-pyrrole nitrogens is 1. The van der Waals surface area contributed by atoms with E-state index in [4.69, 9.17) is 10.5 Å². The summed E-state index contributed by atoms with van der Waals surface area (Å²) in [4.78, 5) is 0. The van der Waals surface area contributed by atoms with E-state index in [9.17, 15) is 0 Å². The highest BCUT2D eigenvalue weighted by Crippen LogP contribution is 2.18. The third-order valence-corrected chi connectivity index (χ3v) is 3.22. The molecule has 0 atom stereocenters. The van der Waals surface area contributed by atoms with Gasteiger partial charge in [-0.05, 0) is 44.0 Å². The molecule has 0 amide bonds. The van der Waals surface area contributed by atoms with Gasteiger partial charge in [0.1, 0.15) is 18.1 Å². The smallest absolute Gasteiger partial charge is 0.132 e. The van der Waals surface area contributed by atoms with Crippen LogP contribution in [-0.2, 0) is 13.2 Å². The van der Waals surface area contributed by atoms with Crippen LogP contribution < -0.4 is 10.5 Å². The fourth-order valence-electron chi connectivity index (χ4n) is 1.85. The minimum atomic E-state index is 0.444. The van der Waals surface area contributed by atoms with Gasteiger partial charge in [-0.25, -0.2) is 0 Å². The second-order valence-corrected chi connectivity index (χ2v) is 4.51. The Bertz CT molecular complexity index is 546. The molecular formula is C14H19N3O. The highest BCUT2D eigenvalue weighted by Gasteiger charge is 2.09. The molecule has 2 aromatic rings. The summed E-state index contributed by atoms with van der Waals surface area (Å²) in [5.41, 5.74) is 11.1. The van der Waals surface area contributed by atoms with Crippen LogP contribution in [0.5, 0.6) is 5.75 Å². The van der Waals surface area contributed by atoms with Gasteiger partial charge in [-0.1, -0.05) is 6.07 Å². The lowest BCUT2D eigenvalue weighted by atomic mass is 10.1. The van der Waals surface area contributed by atoms with Crippen LogP contribution in [0.2, 0.25) is 0 Å². The van der Waals surface area contributed by atoms with Gasteiger partial charge in [0.2, 0.25) is 0 Å². The fraction of sp³-hybridized carbons (Fsp3) is 0.357. The molecule has 0 radical (unpaired) electrons. The first kappa shape index (κ1) is 12.6. The fourth-order valence-corrected chi connectivity index (χ4v) is 1.85. The molecule has 3 N–H and O–H groups in total. The summed E-state index contributed by atoms with van der Waals surface area (Å²) in [5.74, 6) is 0.863. The highest BCUT2D eigenvalue weighted by molar-refractivity contribution is 5.34. The average molecular weight is 245 g/mol. The molecule has 0 aliphatic carbocycles. The molecule has 1 aromatic heterocycles. The Morgan fingerprint density at radius 2 is 2.00 bits per heavy atom. The van der Waals surface area contributed by atoms with Gasteiger partial charge >= 0.3 is 0 Å². The zero-order chi connectivity index (χ0) is 13.1. The Hall–Kier alpha value is -1.81. The number of nitrogens with two attached hydrogens (primary N) is 1. The van der Waals surface area contributed by atoms with Gasteiger partial charge < -0.3 is 10.5 Å². The molecule has 1 aromatic carbocycles. The number of nitrogens with one attached hydrogen (secondary N) is 1. The number of aromatic nitrogens is 2. The van der Waals surface area contributed by atoms with Crippen molar-refractivity contribution in [3.63, 3.8) is 0 Å². The molecule has 0 aliphatic rings. The summed E-state index contributed by atoms with van der Waals surface area (Å²) in [6, 6.07) is 6.07. The molecule has 0 fully saturated rings. The normalized spacial score (nSPS) is 10.7. The van der Waals surface area contributed by atoms with Crippen molar-refractivity contribution in [2.45, 2.75) is 33.9 Å². The van der Waals surface area contributed by atoms with Crippen molar-refractivity contribution < 1.29 is 4.74 Å². The number of benzene rings is 1. The summed E-state index contributed by atoms with van der Waals surface area (Å²) in [6.07, 6.45) is 0. The molecule has 4 heteroatoms. The van der Waals surface area contributed by atoms with Gasteiger partial charge in [0.15, 0.2) is 0 Å². The molecule has 0 spiro atoms. The number of ether oxygens (including phenoxy) is 1. The van der Waals surface area contributed by atoms with Crippen LogP contribution >= 0.6 is 0 Å². The van der Waals surface area contributed by atoms with Crippen molar-refractivity contribution >= 4 is 0 Å². The summed E-state index contributed by atoms with van der Waals surface area (Å²) in [6.45, 7) is 7.05. The number of nitrogens with zero attached hydrogens (tertiary/aromatic N) is 1. The molecule has 0 unspecified atom stereocenters. The largest absolute Gasteiger partial charge is 0.487 e. The van der Waals surface area contributed by atoms with Crippen LogP contribution in [0.3, 0.4) is 0 Å². The Morgan fingerprint density at radius 3 is 2.67 bits per heavy atom. The number of hydrogen-bond donors (Lipinski definition) is 2. The van der Waals surface area contributed by atoms with Gasteiger partial charge in [0.25, 0.3) is 0 Å². The number of aryl methyl sites for hydroxylation is 3. The standard InChI is InChI=1S/C14H19N3O/c1-9-4-5-12(6-10(9)2)18-8-14-13(7-15)11(3)16-17-14/h4-6H,7-8,15H2,1-3H3,(H,16,17). The first-order valence-corrected chi connectivity index (χ1v) is 6.04. The van der Waals surface area contributed by atoms with E-state index in [1.54, 1.807) is 0 Å². The summed E-state index contributed by atoms with van der Waals surface area (Å²) in [7, 11) is 0. The van der Waals surface area contributed by atoms with Crippen LogP contribution in [0.25, 0.3) is 0 Å². The number of rotatable bonds is 4. The third-order valence-electron chi connectivity index (χ3n) is 3.22. The predicted octanol–water partition coefficient (Wildman–Crippen LogP) is 2.37. The molecule has 18 heavy (non-hydrogen) atoms. The second-order valence-electron chi connectivity index (χ2n) is 4.51. The summed E-state index contributed by atoms with van der Waals surface area (Å²) < 4.78 is 5.75. The lowest BCUT2D eigenvalue weighted by Crippen LogP contribution is -2.04. The highest BCUT2D eigenvalue weighted by atomic mass is 16.5. The van der Waals surface area contributed by atoms with Crippen molar-refractivity contribution in [1.82, 2.24) is 10.2 Å². The Labute approximate surface area is 107 Å². The van der Waals surface area contributed by atoms with E-state index in [-0.39, 0.29) is 0 Å². The van der Waals surface area contributed by atoms with Crippen molar-refractivity contribution in [2.75, 3.05) is 0 Å². The molecule has 4 nitrogen and oxygen atoms in total. The zero-order valence-corrected chi connectivity index (χ0v) is 11.1. The van der Waals surface area contributed by atoms with Crippen molar-refractivity contribution in [1.29, 1.82) is 0 Å². The molecule has 0 aliphatic heterocycles. The van der Waals surface area contributed by atoms with Crippen LogP contribution in [-0.4, -0.2) is 10.2 Å². The first-order valence-electron chi connectivity index (χ1n) is 6.04. The van der Waals surface area contributed by atoms with Crippen LogP contribution in [0.15, 0.2) is 18.2 Å². The molecule has 2 rings (SSSR count). The first-order chi connectivity index (χ1) is 8.61. The van der Waals surface area contributed by atoms with E-state index >= 15 is 0 Å². The SMILES string of the molecule is Cc1ccc(OCc2n[nH]c(C)c2CN)cc1C. The maximum atomic E-state index is 5.75. The quantitative estimate of drug-likeness (QED) is 0.869. The zero-order valence-electron chi connectivity index (χ0n) is 11.1. The van der Waals surface area contributed by atoms with Crippen molar-refractivity contribution in [2.24, 2.45) is 5.73 Å². The van der Waals surface area contributed by atoms with Gasteiger partial charge in [-0.15, -0.1) is 0 Å². The maximum Gasteiger partial charge on any atom is 0.132 e. The Morgan fingerprint density at radius 1 is 1.22 bits per heavy atom. The molecule has 1 heterocycles. The maximum absolute atomic E-state index is 5.75. The monoisotopic (exact) mass is 245 g/mol. The predicted molar refractivity (Wildman–Crippen MR) is 71.5 cm³/mol. The molecule has 0 saturated carbocycles. The van der Waals surface area contributed by atoms with Crippen LogP contribution in [0.1, 0.15) is 28.1 Å². The van der Waals surface area contributed by atoms with Crippen LogP contribution in [0.4, 0.5) is 0 Å². The van der Waals surface area contributed by atoms with E-state index in [0.717, 1.165) is 22.7 Å². The van der Waals surface area contributed by atoms with Gasteiger partial charge in [-0.3, -0.25) is 5.10 Å². The van der Waals surface area contributed by atoms with E-state index < -0.39 is 0 Å². The summed E-state index contributed by atoms with van der Waals surface area (Å²) >= 11 is 0. The third kappa shape index (κ3) is 2.54. The van der Waals surface area contributed by atoms with Gasteiger partial charge in [0.05, 0.1) is 0 Å². The topological polar surface area (TPSA) is 63.9 Å². The van der Waals surface area contributed by atoms with E-state index in [2.05, 4.69) is 30.1 Å². The molecule has 0 bridgehead atoms. The Balaban J connectivity index is 2.09. The van der Waals surface area contributed by atoms with Crippen molar-refractivity contribution in [3.05, 3.63) is 46.3 Å².